The summed E-state index contributed by atoms with van der Waals surface area (Å²) in [6.07, 6.45) is 3.20. The van der Waals surface area contributed by atoms with E-state index in [4.69, 9.17) is 4.74 Å². The normalized spacial score (nSPS) is 11.7. The number of hydrogen-bond donors (Lipinski definition) is 1. The number of hydrogen-bond acceptors (Lipinski definition) is 4. The van der Waals surface area contributed by atoms with Gasteiger partial charge in [0, 0.05) is 18.0 Å². The Labute approximate surface area is 145 Å². The standard InChI is InChI=1S/C20H17N2O3/c23-13-18(22-20(24)25-14-15-6-2-1-3-7-15)11-16-10-17-8-4-5-9-19(17)21-12-16/h1-10,12,18H,11,14H2,(H,22,24)/t18-/m0/s1. The van der Waals surface area contributed by atoms with E-state index in [1.54, 1.807) is 6.20 Å². The zero-order chi connectivity index (χ0) is 17.5. The van der Waals surface area contributed by atoms with Gasteiger partial charge in [0.2, 0.25) is 6.29 Å². The van der Waals surface area contributed by atoms with E-state index in [2.05, 4.69) is 10.3 Å². The van der Waals surface area contributed by atoms with Crippen LogP contribution in [0.4, 0.5) is 4.79 Å². The molecular formula is C20H17N2O3. The molecule has 5 heteroatoms. The molecule has 1 radical (unpaired) electrons. The minimum absolute atomic E-state index is 0.149. The second-order valence-electron chi connectivity index (χ2n) is 5.62. The van der Waals surface area contributed by atoms with Crippen LogP contribution in [0, 0.1) is 0 Å². The Morgan fingerprint density at radius 2 is 1.84 bits per heavy atom. The van der Waals surface area contributed by atoms with Crippen LogP contribution in [0.3, 0.4) is 0 Å². The van der Waals surface area contributed by atoms with Gasteiger partial charge in [-0.3, -0.25) is 9.78 Å². The van der Waals surface area contributed by atoms with Crippen LogP contribution < -0.4 is 5.32 Å². The summed E-state index contributed by atoms with van der Waals surface area (Å²) in [6, 6.07) is 18.2. The third-order valence-corrected chi connectivity index (χ3v) is 3.73. The van der Waals surface area contributed by atoms with Crippen molar-refractivity contribution < 1.29 is 14.3 Å². The maximum atomic E-state index is 11.9. The Kier molecular flexibility index (Phi) is 5.36. The van der Waals surface area contributed by atoms with Gasteiger partial charge in [-0.15, -0.1) is 0 Å². The van der Waals surface area contributed by atoms with Crippen LogP contribution in [-0.4, -0.2) is 23.4 Å². The number of para-hydroxylation sites is 1. The zero-order valence-electron chi connectivity index (χ0n) is 13.5. The number of benzene rings is 2. The average molecular weight is 333 g/mol. The maximum absolute atomic E-state index is 11.9. The van der Waals surface area contributed by atoms with Crippen molar-refractivity contribution in [3.63, 3.8) is 0 Å². The Balaban J connectivity index is 1.57. The number of nitrogens with one attached hydrogen (secondary N) is 1. The molecule has 0 aliphatic heterocycles. The summed E-state index contributed by atoms with van der Waals surface area (Å²) in [5.74, 6) is 0. The number of carbonyl (C=O) groups is 1. The van der Waals surface area contributed by atoms with Gasteiger partial charge in [-0.2, -0.15) is 0 Å². The van der Waals surface area contributed by atoms with Crippen molar-refractivity contribution in [1.29, 1.82) is 0 Å². The molecule has 1 aromatic heterocycles. The highest BCUT2D eigenvalue weighted by Crippen LogP contribution is 2.13. The van der Waals surface area contributed by atoms with E-state index < -0.39 is 12.1 Å². The van der Waals surface area contributed by atoms with E-state index in [1.807, 2.05) is 66.9 Å². The van der Waals surface area contributed by atoms with Crippen LogP contribution in [0.25, 0.3) is 10.9 Å². The van der Waals surface area contributed by atoms with Crippen molar-refractivity contribution in [3.05, 3.63) is 78.0 Å². The molecule has 0 aliphatic carbocycles. The molecule has 5 nitrogen and oxygen atoms in total. The molecular weight excluding hydrogens is 316 g/mol. The minimum Gasteiger partial charge on any atom is -0.445 e. The van der Waals surface area contributed by atoms with Crippen LogP contribution in [-0.2, 0) is 22.6 Å². The predicted molar refractivity (Wildman–Crippen MR) is 94.7 cm³/mol. The van der Waals surface area contributed by atoms with Gasteiger partial charge in [-0.1, -0.05) is 48.5 Å². The van der Waals surface area contributed by atoms with Crippen LogP contribution in [0.2, 0.25) is 0 Å². The van der Waals surface area contributed by atoms with Crippen LogP contribution >= 0.6 is 0 Å². The summed E-state index contributed by atoms with van der Waals surface area (Å²) >= 11 is 0. The number of rotatable bonds is 6. The first-order valence-corrected chi connectivity index (χ1v) is 7.93. The quantitative estimate of drug-likeness (QED) is 0.752. The summed E-state index contributed by atoms with van der Waals surface area (Å²) in [6.45, 7) is 0.149. The number of amides is 1. The lowest BCUT2D eigenvalue weighted by Crippen LogP contribution is -2.37. The number of nitrogens with zero attached hydrogens (tertiary/aromatic N) is 1. The third-order valence-electron chi connectivity index (χ3n) is 3.73. The van der Waals surface area contributed by atoms with Crippen molar-refractivity contribution in [1.82, 2.24) is 10.3 Å². The summed E-state index contributed by atoms with van der Waals surface area (Å²) in [5.41, 5.74) is 2.60. The lowest BCUT2D eigenvalue weighted by Gasteiger charge is -2.13. The van der Waals surface area contributed by atoms with Gasteiger partial charge in [0.25, 0.3) is 0 Å². The maximum Gasteiger partial charge on any atom is 0.408 e. The van der Waals surface area contributed by atoms with E-state index in [1.165, 1.54) is 0 Å². The highest BCUT2D eigenvalue weighted by molar-refractivity contribution is 5.79. The monoisotopic (exact) mass is 333 g/mol. The van der Waals surface area contributed by atoms with E-state index in [-0.39, 0.29) is 6.61 Å². The molecule has 3 rings (SSSR count). The molecule has 1 heterocycles. The molecule has 0 fully saturated rings. The van der Waals surface area contributed by atoms with E-state index in [9.17, 15) is 9.59 Å². The Hall–Kier alpha value is -3.21. The van der Waals surface area contributed by atoms with Crippen LogP contribution in [0.5, 0.6) is 0 Å². The minimum atomic E-state index is -0.786. The van der Waals surface area contributed by atoms with Crippen LogP contribution in [0.1, 0.15) is 11.1 Å². The summed E-state index contributed by atoms with van der Waals surface area (Å²) < 4.78 is 5.12. The fourth-order valence-corrected chi connectivity index (χ4v) is 2.49. The smallest absolute Gasteiger partial charge is 0.408 e. The van der Waals surface area contributed by atoms with Crippen molar-refractivity contribution in [2.75, 3.05) is 0 Å². The molecule has 0 aliphatic rings. The molecule has 2 aromatic carbocycles. The molecule has 0 spiro atoms. The van der Waals surface area contributed by atoms with E-state index in [0.717, 1.165) is 22.0 Å². The largest absolute Gasteiger partial charge is 0.445 e. The first kappa shape index (κ1) is 16.6. The summed E-state index contributed by atoms with van der Waals surface area (Å²) in [5, 5.41) is 3.50. The van der Waals surface area contributed by atoms with Gasteiger partial charge in [-0.25, -0.2) is 4.79 Å². The Bertz CT molecular complexity index is 865. The molecule has 25 heavy (non-hydrogen) atoms. The Morgan fingerprint density at radius 3 is 2.64 bits per heavy atom. The SMILES string of the molecule is O=[C][C@H](Cc1cnc2ccccc2c1)NC(=O)OCc1ccccc1. The first-order valence-electron chi connectivity index (χ1n) is 7.93. The fraction of sp³-hybridized carbons (Fsp3) is 0.150. The average Bonchev–Trinajstić information content (AvgIpc) is 2.66. The highest BCUT2D eigenvalue weighted by atomic mass is 16.5. The molecule has 0 saturated carbocycles. The summed E-state index contributed by atoms with van der Waals surface area (Å²) in [7, 11) is 0. The van der Waals surface area contributed by atoms with Gasteiger partial charge < -0.3 is 10.1 Å². The predicted octanol–water partition coefficient (Wildman–Crippen LogP) is 3.18. The van der Waals surface area contributed by atoms with Crippen molar-refractivity contribution in [3.8, 4) is 0 Å². The number of carbonyl (C=O) groups excluding carboxylic acids is 2. The van der Waals surface area contributed by atoms with Gasteiger partial charge in [0.1, 0.15) is 12.6 Å². The molecule has 1 amide bonds. The molecule has 1 N–H and O–H groups in total. The van der Waals surface area contributed by atoms with E-state index >= 15 is 0 Å². The van der Waals surface area contributed by atoms with Crippen LogP contribution in [0.15, 0.2) is 66.9 Å². The summed E-state index contributed by atoms with van der Waals surface area (Å²) in [4.78, 5) is 27.4. The van der Waals surface area contributed by atoms with Crippen molar-refractivity contribution in [2.45, 2.75) is 19.1 Å². The first-order chi connectivity index (χ1) is 12.2. The molecule has 125 valence electrons. The second kappa shape index (κ2) is 8.06. The fourth-order valence-electron chi connectivity index (χ4n) is 2.49. The van der Waals surface area contributed by atoms with Gasteiger partial charge in [0.15, 0.2) is 0 Å². The molecule has 3 aromatic rings. The number of aromatic nitrogens is 1. The molecule has 1 atom stereocenters. The lowest BCUT2D eigenvalue weighted by molar-refractivity contribution is 0.138. The highest BCUT2D eigenvalue weighted by Gasteiger charge is 2.14. The van der Waals surface area contributed by atoms with Crippen molar-refractivity contribution >= 4 is 23.3 Å². The third kappa shape index (κ3) is 4.64. The number of fused-ring (bicyclic) bond motifs is 1. The van der Waals surface area contributed by atoms with Gasteiger partial charge in [-0.05, 0) is 23.3 Å². The van der Waals surface area contributed by atoms with Crippen molar-refractivity contribution in [2.24, 2.45) is 0 Å². The van der Waals surface area contributed by atoms with Gasteiger partial charge in [0.05, 0.1) is 5.52 Å². The van der Waals surface area contributed by atoms with Gasteiger partial charge >= 0.3 is 6.09 Å². The second-order valence-corrected chi connectivity index (χ2v) is 5.62. The van der Waals surface area contributed by atoms with E-state index in [0.29, 0.717) is 6.42 Å². The topological polar surface area (TPSA) is 68.3 Å². The molecule has 0 unspecified atom stereocenters. The molecule has 0 bridgehead atoms. The lowest BCUT2D eigenvalue weighted by atomic mass is 10.1. The molecule has 0 saturated heterocycles. The zero-order valence-corrected chi connectivity index (χ0v) is 13.5. The number of ether oxygens (including phenoxy) is 1. The number of pyridine rings is 1. The number of alkyl carbamates (subject to hydrolysis) is 1. The Morgan fingerprint density at radius 1 is 1.08 bits per heavy atom.